The SMILES string of the molecule is CCc1ccc(C2(C(=O)N3CC(S(=O)(=O)c4ccccc4Cl)CC3C(=O)NC3(C#N)CC3)CC2)cc1. The average molecular weight is 526 g/mol. The van der Waals surface area contributed by atoms with Crippen LogP contribution in [0.4, 0.5) is 0 Å². The molecule has 3 aliphatic rings. The second-order valence-corrected chi connectivity index (χ2v) is 12.7. The van der Waals surface area contributed by atoms with Crippen molar-refractivity contribution in [3.63, 3.8) is 0 Å². The first-order valence-corrected chi connectivity index (χ1v) is 14.2. The summed E-state index contributed by atoms with van der Waals surface area (Å²) in [6, 6.07) is 15.3. The summed E-state index contributed by atoms with van der Waals surface area (Å²) in [5, 5.41) is 11.4. The van der Waals surface area contributed by atoms with Gasteiger partial charge in [-0.1, -0.05) is 54.9 Å². The smallest absolute Gasteiger partial charge is 0.244 e. The standard InChI is InChI=1S/C27H28ClN3O4S/c1-2-18-7-9-19(10-8-18)27(13-14-27)25(33)31-16-20(36(34,35)23-6-4-3-5-21(23)28)15-22(31)24(32)30-26(17-29)11-12-26/h3-10,20,22H,2,11-16H2,1H3,(H,30,32). The van der Waals surface area contributed by atoms with Gasteiger partial charge in [-0.3, -0.25) is 9.59 Å². The van der Waals surface area contributed by atoms with Crippen LogP contribution >= 0.6 is 11.6 Å². The van der Waals surface area contributed by atoms with Gasteiger partial charge in [-0.15, -0.1) is 0 Å². The topological polar surface area (TPSA) is 107 Å². The van der Waals surface area contributed by atoms with Crippen LogP contribution in [-0.4, -0.2) is 48.5 Å². The number of halogens is 1. The molecule has 5 rings (SSSR count). The molecule has 2 amide bonds. The number of hydrogen-bond donors (Lipinski definition) is 1. The van der Waals surface area contributed by atoms with Gasteiger partial charge in [0.05, 0.1) is 26.7 Å². The van der Waals surface area contributed by atoms with Gasteiger partial charge >= 0.3 is 0 Å². The number of likely N-dealkylation sites (tertiary alicyclic amines) is 1. The van der Waals surface area contributed by atoms with Gasteiger partial charge in [-0.05, 0) is 61.8 Å². The molecule has 1 aliphatic heterocycles. The highest BCUT2D eigenvalue weighted by Crippen LogP contribution is 2.51. The quantitative estimate of drug-likeness (QED) is 0.595. The van der Waals surface area contributed by atoms with Crippen molar-refractivity contribution in [3.05, 3.63) is 64.7 Å². The summed E-state index contributed by atoms with van der Waals surface area (Å²) >= 11 is 6.21. The maximum atomic E-state index is 14.0. The number of amides is 2. The van der Waals surface area contributed by atoms with Crippen LogP contribution < -0.4 is 5.32 Å². The number of nitriles is 1. The molecular weight excluding hydrogens is 498 g/mol. The predicted octanol–water partition coefficient (Wildman–Crippen LogP) is 3.55. The molecule has 36 heavy (non-hydrogen) atoms. The third-order valence-electron chi connectivity index (χ3n) is 7.81. The number of nitrogens with one attached hydrogen (secondary N) is 1. The van der Waals surface area contributed by atoms with Crippen molar-refractivity contribution in [2.45, 2.75) is 72.6 Å². The molecule has 0 aromatic heterocycles. The van der Waals surface area contributed by atoms with Crippen molar-refractivity contribution >= 4 is 33.3 Å². The molecule has 2 aliphatic carbocycles. The first-order chi connectivity index (χ1) is 17.2. The summed E-state index contributed by atoms with van der Waals surface area (Å²) in [5.41, 5.74) is 0.383. The number of rotatable bonds is 7. The van der Waals surface area contributed by atoms with Crippen LogP contribution in [0.5, 0.6) is 0 Å². The largest absolute Gasteiger partial charge is 0.336 e. The Bertz CT molecular complexity index is 1360. The van der Waals surface area contributed by atoms with E-state index in [1.54, 1.807) is 12.1 Å². The minimum Gasteiger partial charge on any atom is -0.336 e. The van der Waals surface area contributed by atoms with Gasteiger partial charge in [-0.2, -0.15) is 5.26 Å². The summed E-state index contributed by atoms with van der Waals surface area (Å²) in [6.07, 6.45) is 3.23. The minimum absolute atomic E-state index is 0.00268. The lowest BCUT2D eigenvalue weighted by molar-refractivity contribution is -0.140. The van der Waals surface area contributed by atoms with Crippen LogP contribution in [0.25, 0.3) is 0 Å². The average Bonchev–Trinajstić information content (AvgIpc) is 3.80. The number of sulfone groups is 1. The highest BCUT2D eigenvalue weighted by molar-refractivity contribution is 7.92. The molecule has 7 nitrogen and oxygen atoms in total. The first kappa shape index (κ1) is 24.8. The maximum absolute atomic E-state index is 14.0. The fourth-order valence-corrected chi connectivity index (χ4v) is 7.36. The molecule has 1 N–H and O–H groups in total. The summed E-state index contributed by atoms with van der Waals surface area (Å²) < 4.78 is 27.1. The lowest BCUT2D eigenvalue weighted by Gasteiger charge is -2.29. The highest BCUT2D eigenvalue weighted by atomic mass is 35.5. The van der Waals surface area contributed by atoms with Crippen molar-refractivity contribution in [2.24, 2.45) is 0 Å². The number of hydrogen-bond acceptors (Lipinski definition) is 5. The van der Waals surface area contributed by atoms with Crippen LogP contribution in [0.3, 0.4) is 0 Å². The fraction of sp³-hybridized carbons (Fsp3) is 0.444. The Hall–Kier alpha value is -2.89. The van der Waals surface area contributed by atoms with Crippen molar-refractivity contribution in [2.75, 3.05) is 6.54 Å². The van der Waals surface area contributed by atoms with Crippen LogP contribution in [0.2, 0.25) is 5.02 Å². The van der Waals surface area contributed by atoms with E-state index in [0.29, 0.717) is 25.7 Å². The second-order valence-electron chi connectivity index (χ2n) is 10.1. The Balaban J connectivity index is 1.47. The van der Waals surface area contributed by atoms with Gasteiger partial charge < -0.3 is 10.2 Å². The van der Waals surface area contributed by atoms with E-state index in [9.17, 15) is 23.3 Å². The van der Waals surface area contributed by atoms with Crippen molar-refractivity contribution in [1.29, 1.82) is 5.26 Å². The zero-order chi connectivity index (χ0) is 25.7. The number of aryl methyl sites for hydroxylation is 1. The lowest BCUT2D eigenvalue weighted by atomic mass is 9.92. The van der Waals surface area contributed by atoms with E-state index < -0.39 is 38.0 Å². The second kappa shape index (κ2) is 8.89. The van der Waals surface area contributed by atoms with Crippen LogP contribution in [0, 0.1) is 11.3 Å². The molecule has 2 atom stereocenters. The summed E-state index contributed by atoms with van der Waals surface area (Å²) in [7, 11) is -3.91. The zero-order valence-electron chi connectivity index (χ0n) is 20.0. The molecule has 0 radical (unpaired) electrons. The van der Waals surface area contributed by atoms with Gasteiger partial charge in [0, 0.05) is 6.54 Å². The molecule has 0 spiro atoms. The molecule has 1 heterocycles. The highest BCUT2D eigenvalue weighted by Gasteiger charge is 2.58. The van der Waals surface area contributed by atoms with Gasteiger partial charge in [0.1, 0.15) is 11.6 Å². The molecule has 3 fully saturated rings. The molecule has 1 saturated heterocycles. The van der Waals surface area contributed by atoms with E-state index in [1.807, 2.05) is 24.3 Å². The van der Waals surface area contributed by atoms with Crippen LogP contribution in [0.1, 0.15) is 50.2 Å². The Kier molecular flexibility index (Phi) is 6.12. The van der Waals surface area contributed by atoms with Crippen LogP contribution in [-0.2, 0) is 31.3 Å². The molecule has 188 valence electrons. The predicted molar refractivity (Wildman–Crippen MR) is 135 cm³/mol. The summed E-state index contributed by atoms with van der Waals surface area (Å²) in [6.45, 7) is 1.97. The first-order valence-electron chi connectivity index (χ1n) is 12.3. The maximum Gasteiger partial charge on any atom is 0.244 e. The van der Waals surface area contributed by atoms with E-state index in [0.717, 1.165) is 17.5 Å². The van der Waals surface area contributed by atoms with Crippen molar-refractivity contribution in [3.8, 4) is 6.07 Å². The fourth-order valence-electron chi connectivity index (χ4n) is 5.14. The Morgan fingerprint density at radius 3 is 2.33 bits per heavy atom. The summed E-state index contributed by atoms with van der Waals surface area (Å²) in [5.74, 6) is -0.707. The van der Waals surface area contributed by atoms with Crippen molar-refractivity contribution in [1.82, 2.24) is 10.2 Å². The molecule has 2 saturated carbocycles. The Labute approximate surface area is 216 Å². The summed E-state index contributed by atoms with van der Waals surface area (Å²) in [4.78, 5) is 28.8. The zero-order valence-corrected chi connectivity index (χ0v) is 21.6. The number of nitrogens with zero attached hydrogens (tertiary/aromatic N) is 2. The molecule has 2 aromatic carbocycles. The number of benzene rings is 2. The van der Waals surface area contributed by atoms with Gasteiger partial charge in [0.25, 0.3) is 0 Å². The van der Waals surface area contributed by atoms with E-state index in [2.05, 4.69) is 18.3 Å². The monoisotopic (exact) mass is 525 g/mol. The normalized spacial score (nSPS) is 23.5. The Morgan fingerprint density at radius 1 is 1.11 bits per heavy atom. The minimum atomic E-state index is -3.91. The van der Waals surface area contributed by atoms with Gasteiger partial charge in [0.2, 0.25) is 11.8 Å². The van der Waals surface area contributed by atoms with Gasteiger partial charge in [0.15, 0.2) is 9.84 Å². The third-order valence-corrected chi connectivity index (χ3v) is 10.4. The molecular formula is C27H28ClN3O4S. The third kappa shape index (κ3) is 4.18. The van der Waals surface area contributed by atoms with E-state index in [4.69, 9.17) is 11.6 Å². The lowest BCUT2D eigenvalue weighted by Crippen LogP contribution is -2.51. The van der Waals surface area contributed by atoms with E-state index in [1.165, 1.54) is 17.0 Å². The van der Waals surface area contributed by atoms with Crippen molar-refractivity contribution < 1.29 is 18.0 Å². The number of carbonyl (C=O) groups is 2. The van der Waals surface area contributed by atoms with Gasteiger partial charge in [-0.25, -0.2) is 8.42 Å². The van der Waals surface area contributed by atoms with E-state index >= 15 is 0 Å². The molecule has 2 unspecified atom stereocenters. The molecule has 2 aromatic rings. The Morgan fingerprint density at radius 2 is 1.78 bits per heavy atom. The number of carbonyl (C=O) groups excluding carboxylic acids is 2. The van der Waals surface area contributed by atoms with E-state index in [-0.39, 0.29) is 28.8 Å². The van der Waals surface area contributed by atoms with Crippen LogP contribution in [0.15, 0.2) is 53.4 Å². The molecule has 9 heteroatoms. The molecule has 0 bridgehead atoms.